The summed E-state index contributed by atoms with van der Waals surface area (Å²) in [6, 6.07) is 12.3. The highest BCUT2D eigenvalue weighted by Gasteiger charge is 2.15. The molecule has 0 saturated heterocycles. The molecule has 24 heavy (non-hydrogen) atoms. The second-order valence-corrected chi connectivity index (χ2v) is 7.49. The van der Waals surface area contributed by atoms with Gasteiger partial charge in [-0.1, -0.05) is 18.2 Å². The van der Waals surface area contributed by atoms with Gasteiger partial charge in [-0.3, -0.25) is 4.72 Å². The highest BCUT2D eigenvalue weighted by molar-refractivity contribution is 7.92. The van der Waals surface area contributed by atoms with E-state index in [1.54, 1.807) is 30.6 Å². The third kappa shape index (κ3) is 3.19. The minimum Gasteiger partial charge on any atom is -0.348 e. The van der Waals surface area contributed by atoms with Crippen LogP contribution in [0.1, 0.15) is 16.8 Å². The minimum absolute atomic E-state index is 0.262. The lowest BCUT2D eigenvalue weighted by molar-refractivity contribution is 0.601. The Labute approximate surface area is 141 Å². The molecular weight excluding hydrogens is 322 g/mol. The van der Waals surface area contributed by atoms with Crippen molar-refractivity contribution in [3.63, 3.8) is 0 Å². The first kappa shape index (κ1) is 16.3. The molecule has 0 aliphatic carbocycles. The fourth-order valence-corrected chi connectivity index (χ4v) is 3.58. The van der Waals surface area contributed by atoms with E-state index in [1.165, 1.54) is 0 Å². The van der Waals surface area contributed by atoms with Gasteiger partial charge < -0.3 is 4.98 Å². The average Bonchev–Trinajstić information content (AvgIpc) is 2.96. The van der Waals surface area contributed by atoms with Crippen molar-refractivity contribution in [1.82, 2.24) is 9.97 Å². The normalized spacial score (nSPS) is 11.5. The number of aromatic amines is 1. The molecule has 0 aliphatic rings. The number of rotatable bonds is 4. The molecule has 0 spiro atoms. The van der Waals surface area contributed by atoms with Crippen molar-refractivity contribution in [2.45, 2.75) is 25.7 Å². The Hall–Kier alpha value is -2.60. The Morgan fingerprint density at radius 1 is 0.958 bits per heavy atom. The third-order valence-electron chi connectivity index (χ3n) is 4.03. The van der Waals surface area contributed by atoms with Gasteiger partial charge in [-0.25, -0.2) is 13.4 Å². The third-order valence-corrected chi connectivity index (χ3v) is 5.41. The van der Waals surface area contributed by atoms with Crippen molar-refractivity contribution in [3.8, 4) is 11.3 Å². The maximum atomic E-state index is 12.5. The van der Waals surface area contributed by atoms with Crippen LogP contribution in [-0.2, 0) is 10.0 Å². The molecule has 3 rings (SSSR count). The fourth-order valence-electron chi connectivity index (χ4n) is 2.44. The summed E-state index contributed by atoms with van der Waals surface area (Å²) in [5.74, 6) is 0. The molecule has 3 aromatic rings. The van der Waals surface area contributed by atoms with E-state index >= 15 is 0 Å². The van der Waals surface area contributed by atoms with Crippen molar-refractivity contribution in [1.29, 1.82) is 0 Å². The van der Waals surface area contributed by atoms with Crippen LogP contribution in [0.4, 0.5) is 5.69 Å². The van der Waals surface area contributed by atoms with Gasteiger partial charge in [0.15, 0.2) is 0 Å². The van der Waals surface area contributed by atoms with E-state index in [0.29, 0.717) is 5.69 Å². The fraction of sp³-hybridized carbons (Fsp3) is 0.167. The van der Waals surface area contributed by atoms with Crippen LogP contribution in [0.15, 0.2) is 53.7 Å². The number of hydrogen-bond donors (Lipinski definition) is 2. The van der Waals surface area contributed by atoms with Crippen LogP contribution in [0.2, 0.25) is 0 Å². The maximum absolute atomic E-state index is 12.5. The lowest BCUT2D eigenvalue weighted by Crippen LogP contribution is -2.13. The van der Waals surface area contributed by atoms with Gasteiger partial charge in [0, 0.05) is 16.9 Å². The number of H-pyrrole nitrogens is 1. The van der Waals surface area contributed by atoms with E-state index in [-0.39, 0.29) is 4.90 Å². The van der Waals surface area contributed by atoms with Crippen LogP contribution in [-0.4, -0.2) is 18.4 Å². The summed E-state index contributed by atoms with van der Waals surface area (Å²) in [7, 11) is -3.60. The van der Waals surface area contributed by atoms with E-state index < -0.39 is 10.0 Å². The molecule has 0 unspecified atom stereocenters. The van der Waals surface area contributed by atoms with Crippen LogP contribution in [0.25, 0.3) is 11.3 Å². The molecule has 2 N–H and O–H groups in total. The first-order chi connectivity index (χ1) is 11.4. The van der Waals surface area contributed by atoms with Gasteiger partial charge in [-0.2, -0.15) is 0 Å². The van der Waals surface area contributed by atoms with Crippen molar-refractivity contribution >= 4 is 15.7 Å². The van der Waals surface area contributed by atoms with Gasteiger partial charge in [0.25, 0.3) is 10.0 Å². The number of benzene rings is 2. The van der Waals surface area contributed by atoms with Crippen LogP contribution < -0.4 is 4.72 Å². The second-order valence-electron chi connectivity index (χ2n) is 5.81. The summed E-state index contributed by atoms with van der Waals surface area (Å²) < 4.78 is 27.6. The van der Waals surface area contributed by atoms with E-state index in [2.05, 4.69) is 14.7 Å². The summed E-state index contributed by atoms with van der Waals surface area (Å²) in [4.78, 5) is 7.55. The van der Waals surface area contributed by atoms with Gasteiger partial charge in [-0.05, 0) is 56.2 Å². The van der Waals surface area contributed by atoms with Crippen molar-refractivity contribution in [2.75, 3.05) is 4.72 Å². The van der Waals surface area contributed by atoms with Crippen molar-refractivity contribution in [3.05, 3.63) is 65.6 Å². The summed E-state index contributed by atoms with van der Waals surface area (Å²) in [6.07, 6.45) is 1.64. The molecule has 0 saturated carbocycles. The van der Waals surface area contributed by atoms with Crippen LogP contribution in [0.5, 0.6) is 0 Å². The number of sulfonamides is 1. The van der Waals surface area contributed by atoms with Gasteiger partial charge >= 0.3 is 0 Å². The molecule has 5 nitrogen and oxygen atoms in total. The van der Waals surface area contributed by atoms with Gasteiger partial charge in [-0.15, -0.1) is 0 Å². The molecular formula is C18H19N3O2S. The maximum Gasteiger partial charge on any atom is 0.261 e. The average molecular weight is 341 g/mol. The largest absolute Gasteiger partial charge is 0.348 e. The van der Waals surface area contributed by atoms with Gasteiger partial charge in [0.2, 0.25) is 0 Å². The highest BCUT2D eigenvalue weighted by atomic mass is 32.2. The number of aromatic nitrogens is 2. The Balaban J connectivity index is 1.85. The number of imidazole rings is 1. The summed E-state index contributed by atoms with van der Waals surface area (Å²) >= 11 is 0. The molecule has 2 aromatic carbocycles. The zero-order valence-electron chi connectivity index (χ0n) is 13.8. The second kappa shape index (κ2) is 6.13. The van der Waals surface area contributed by atoms with Crippen LogP contribution in [0.3, 0.4) is 0 Å². The molecule has 0 bridgehead atoms. The van der Waals surface area contributed by atoms with Crippen LogP contribution >= 0.6 is 0 Å². The highest BCUT2D eigenvalue weighted by Crippen LogP contribution is 2.23. The molecule has 124 valence electrons. The van der Waals surface area contributed by atoms with Crippen molar-refractivity contribution in [2.24, 2.45) is 0 Å². The van der Waals surface area contributed by atoms with Crippen LogP contribution in [0, 0.1) is 20.8 Å². The summed E-state index contributed by atoms with van der Waals surface area (Å²) in [5, 5.41) is 0. The Morgan fingerprint density at radius 2 is 1.67 bits per heavy atom. The number of anilines is 1. The van der Waals surface area contributed by atoms with Crippen molar-refractivity contribution < 1.29 is 8.42 Å². The number of aryl methyl sites for hydroxylation is 3. The van der Waals surface area contributed by atoms with Gasteiger partial charge in [0.1, 0.15) is 0 Å². The Morgan fingerprint density at radius 3 is 2.25 bits per heavy atom. The Kier molecular flexibility index (Phi) is 4.15. The zero-order valence-corrected chi connectivity index (χ0v) is 14.6. The zero-order chi connectivity index (χ0) is 17.3. The summed E-state index contributed by atoms with van der Waals surface area (Å²) in [6.45, 7) is 5.79. The summed E-state index contributed by atoms with van der Waals surface area (Å²) in [5.41, 5.74) is 5.29. The lowest BCUT2D eigenvalue weighted by atomic mass is 10.1. The smallest absolute Gasteiger partial charge is 0.261 e. The quantitative estimate of drug-likeness (QED) is 0.758. The standard InChI is InChI=1S/C18H19N3O2S/c1-12-4-9-17(10-13(12)2)24(22,23)21-16-7-5-15(6-8-16)18-14(3)19-11-20-18/h4-11,21H,1-3H3,(H,19,20). The predicted molar refractivity (Wildman–Crippen MR) is 95.5 cm³/mol. The monoisotopic (exact) mass is 341 g/mol. The molecule has 0 aliphatic heterocycles. The topological polar surface area (TPSA) is 74.8 Å². The number of nitrogens with one attached hydrogen (secondary N) is 2. The first-order valence-corrected chi connectivity index (χ1v) is 9.05. The van der Waals surface area contributed by atoms with E-state index in [0.717, 1.165) is 28.1 Å². The molecule has 0 fully saturated rings. The number of hydrogen-bond acceptors (Lipinski definition) is 3. The predicted octanol–water partition coefficient (Wildman–Crippen LogP) is 3.80. The molecule has 0 radical (unpaired) electrons. The van der Waals surface area contributed by atoms with E-state index in [1.807, 2.05) is 39.0 Å². The molecule has 0 amide bonds. The SMILES string of the molecule is Cc1ccc(S(=O)(=O)Nc2ccc(-c3nc[nH]c3C)cc2)cc1C. The number of nitrogens with zero attached hydrogens (tertiary/aromatic N) is 1. The van der Waals surface area contributed by atoms with E-state index in [9.17, 15) is 8.42 Å². The van der Waals surface area contributed by atoms with Gasteiger partial charge in [0.05, 0.1) is 16.9 Å². The minimum atomic E-state index is -3.60. The molecule has 6 heteroatoms. The lowest BCUT2D eigenvalue weighted by Gasteiger charge is -2.10. The molecule has 1 aromatic heterocycles. The first-order valence-electron chi connectivity index (χ1n) is 7.57. The molecule has 1 heterocycles. The van der Waals surface area contributed by atoms with E-state index in [4.69, 9.17) is 0 Å². The molecule has 0 atom stereocenters. The Bertz CT molecular complexity index is 974.